The fourth-order valence-electron chi connectivity index (χ4n) is 7.17. The normalized spacial score (nSPS) is 30.8. The smallest absolute Gasteiger partial charge is 0.223 e. The standard InChI is InChI=1S/C29H41N3O5S/c1-28-11-10-24(34)29(2,17-33)23(28)16-22-26(19(28)15-25(35)32-12-6-5-7-13-32)31-27(38-22)30-20-14-18(36-3)8-9-21(20)37-4/h8-9,14,19,23-24,33-34H,5-7,10-13,15-17H2,1-4H3,(H,30,31). The summed E-state index contributed by atoms with van der Waals surface area (Å²) in [5.74, 6) is 1.55. The van der Waals surface area contributed by atoms with Gasteiger partial charge in [0, 0.05) is 41.8 Å². The summed E-state index contributed by atoms with van der Waals surface area (Å²) in [4.78, 5) is 21.8. The van der Waals surface area contributed by atoms with E-state index >= 15 is 0 Å². The summed E-state index contributed by atoms with van der Waals surface area (Å²) < 4.78 is 11.0. The van der Waals surface area contributed by atoms with Crippen molar-refractivity contribution in [1.82, 2.24) is 9.88 Å². The number of amides is 1. The number of benzene rings is 1. The molecule has 2 aliphatic carbocycles. The van der Waals surface area contributed by atoms with Gasteiger partial charge in [-0.15, -0.1) is 11.3 Å². The molecule has 38 heavy (non-hydrogen) atoms. The number of hydrogen-bond donors (Lipinski definition) is 3. The molecule has 5 unspecified atom stereocenters. The van der Waals surface area contributed by atoms with Gasteiger partial charge in [-0.2, -0.15) is 0 Å². The molecule has 1 saturated heterocycles. The minimum atomic E-state index is -0.634. The number of thiazole rings is 1. The van der Waals surface area contributed by atoms with Crippen LogP contribution in [-0.4, -0.2) is 66.0 Å². The first-order valence-electron chi connectivity index (χ1n) is 13.8. The van der Waals surface area contributed by atoms with Crippen molar-refractivity contribution in [3.63, 3.8) is 0 Å². The Morgan fingerprint density at radius 3 is 2.66 bits per heavy atom. The van der Waals surface area contributed by atoms with Gasteiger partial charge in [0.2, 0.25) is 5.91 Å². The van der Waals surface area contributed by atoms with Crippen LogP contribution in [0, 0.1) is 16.7 Å². The molecule has 0 spiro atoms. The summed E-state index contributed by atoms with van der Waals surface area (Å²) in [7, 11) is 3.27. The van der Waals surface area contributed by atoms with Gasteiger partial charge in [-0.1, -0.05) is 13.8 Å². The number of aliphatic hydroxyl groups excluding tert-OH is 2. The molecule has 9 heteroatoms. The number of fused-ring (bicyclic) bond motifs is 2. The van der Waals surface area contributed by atoms with Crippen LogP contribution in [0.5, 0.6) is 11.5 Å². The van der Waals surface area contributed by atoms with Crippen LogP contribution in [-0.2, 0) is 11.2 Å². The second kappa shape index (κ2) is 10.7. The highest BCUT2D eigenvalue weighted by Gasteiger charge is 2.59. The summed E-state index contributed by atoms with van der Waals surface area (Å²) in [6, 6.07) is 5.60. The van der Waals surface area contributed by atoms with E-state index in [1.165, 1.54) is 6.42 Å². The number of hydrogen-bond acceptors (Lipinski definition) is 8. The number of carbonyl (C=O) groups is 1. The van der Waals surface area contributed by atoms with Crippen LogP contribution in [0.4, 0.5) is 10.8 Å². The molecular weight excluding hydrogens is 502 g/mol. The molecule has 208 valence electrons. The van der Waals surface area contributed by atoms with Gasteiger partial charge in [0.1, 0.15) is 11.5 Å². The molecule has 1 aliphatic heterocycles. The first-order chi connectivity index (χ1) is 18.2. The zero-order chi connectivity index (χ0) is 27.1. The second-order valence-corrected chi connectivity index (χ2v) is 12.8. The van der Waals surface area contributed by atoms with Gasteiger partial charge < -0.3 is 29.9 Å². The third-order valence-electron chi connectivity index (χ3n) is 9.63. The SMILES string of the molecule is COc1ccc(OC)c(Nc2nc3c(s2)CC2C(C)(CO)C(O)CCC2(C)C3CC(=O)N2CCCCC2)c1. The van der Waals surface area contributed by atoms with Gasteiger partial charge in [0.15, 0.2) is 5.13 Å². The van der Waals surface area contributed by atoms with Crippen LogP contribution in [0.3, 0.4) is 0 Å². The second-order valence-electron chi connectivity index (χ2n) is 11.7. The van der Waals surface area contributed by atoms with E-state index in [0.29, 0.717) is 24.3 Å². The predicted molar refractivity (Wildman–Crippen MR) is 148 cm³/mol. The molecule has 3 N–H and O–H groups in total. The van der Waals surface area contributed by atoms with Crippen LogP contribution < -0.4 is 14.8 Å². The molecule has 2 fully saturated rings. The highest BCUT2D eigenvalue weighted by Crippen LogP contribution is 2.63. The highest BCUT2D eigenvalue weighted by atomic mass is 32.1. The zero-order valence-corrected chi connectivity index (χ0v) is 23.8. The fraction of sp³-hybridized carbons (Fsp3) is 0.655. The number of likely N-dealkylation sites (tertiary alicyclic amines) is 1. The third kappa shape index (κ3) is 4.67. The van der Waals surface area contributed by atoms with Gasteiger partial charge >= 0.3 is 0 Å². The quantitative estimate of drug-likeness (QED) is 0.464. The van der Waals surface area contributed by atoms with E-state index in [0.717, 1.165) is 60.2 Å². The molecule has 3 aliphatic rings. The Morgan fingerprint density at radius 2 is 1.97 bits per heavy atom. The molecule has 5 atom stereocenters. The van der Waals surface area contributed by atoms with E-state index in [4.69, 9.17) is 14.5 Å². The van der Waals surface area contributed by atoms with E-state index in [1.807, 2.05) is 30.0 Å². The number of aromatic nitrogens is 1. The number of piperidine rings is 1. The largest absolute Gasteiger partial charge is 0.497 e. The molecule has 0 radical (unpaired) electrons. The molecule has 5 rings (SSSR count). The summed E-state index contributed by atoms with van der Waals surface area (Å²) in [5, 5.41) is 25.7. The molecule has 8 nitrogen and oxygen atoms in total. The number of aliphatic hydroxyl groups is 2. The molecule has 1 amide bonds. The van der Waals surface area contributed by atoms with Gasteiger partial charge in [0.25, 0.3) is 0 Å². The molecule has 0 bridgehead atoms. The van der Waals surface area contributed by atoms with Crippen LogP contribution >= 0.6 is 11.3 Å². The lowest BCUT2D eigenvalue weighted by molar-refractivity contribution is -0.147. The molecule has 2 aromatic rings. The van der Waals surface area contributed by atoms with Crippen molar-refractivity contribution >= 4 is 28.1 Å². The maximum Gasteiger partial charge on any atom is 0.223 e. The zero-order valence-electron chi connectivity index (χ0n) is 23.0. The summed E-state index contributed by atoms with van der Waals surface area (Å²) in [6.45, 7) is 5.83. The van der Waals surface area contributed by atoms with Crippen LogP contribution in [0.15, 0.2) is 18.2 Å². The minimum absolute atomic E-state index is 0.0371. The lowest BCUT2D eigenvalue weighted by atomic mass is 9.47. The van der Waals surface area contributed by atoms with Crippen molar-refractivity contribution in [2.75, 3.05) is 39.2 Å². The van der Waals surface area contributed by atoms with E-state index in [-0.39, 0.29) is 29.8 Å². The van der Waals surface area contributed by atoms with Crippen LogP contribution in [0.2, 0.25) is 0 Å². The lowest BCUT2D eigenvalue weighted by Crippen LogP contribution is -2.57. The molecule has 2 heterocycles. The monoisotopic (exact) mass is 543 g/mol. The number of ether oxygens (including phenoxy) is 2. The van der Waals surface area contributed by atoms with E-state index < -0.39 is 11.5 Å². The van der Waals surface area contributed by atoms with Gasteiger partial charge in [0.05, 0.1) is 38.3 Å². The Morgan fingerprint density at radius 1 is 1.21 bits per heavy atom. The minimum Gasteiger partial charge on any atom is -0.497 e. The van der Waals surface area contributed by atoms with Crippen molar-refractivity contribution in [2.24, 2.45) is 16.7 Å². The number of nitrogens with one attached hydrogen (secondary N) is 1. The van der Waals surface area contributed by atoms with Crippen molar-refractivity contribution in [1.29, 1.82) is 0 Å². The maximum atomic E-state index is 13.6. The summed E-state index contributed by atoms with van der Waals surface area (Å²) >= 11 is 1.59. The van der Waals surface area contributed by atoms with Crippen LogP contribution in [0.25, 0.3) is 0 Å². The van der Waals surface area contributed by atoms with E-state index in [1.54, 1.807) is 25.6 Å². The fourth-order valence-corrected chi connectivity index (χ4v) is 8.25. The van der Waals surface area contributed by atoms with Crippen molar-refractivity contribution in [3.8, 4) is 11.5 Å². The molecule has 1 saturated carbocycles. The molecule has 1 aromatic heterocycles. The Bertz CT molecular complexity index is 1170. The van der Waals surface area contributed by atoms with E-state index in [9.17, 15) is 15.0 Å². The first kappa shape index (κ1) is 27.2. The Balaban J connectivity index is 1.53. The predicted octanol–water partition coefficient (Wildman–Crippen LogP) is 4.72. The number of rotatable bonds is 7. The van der Waals surface area contributed by atoms with Crippen molar-refractivity contribution in [3.05, 3.63) is 28.8 Å². The van der Waals surface area contributed by atoms with Gasteiger partial charge in [-0.3, -0.25) is 4.79 Å². The van der Waals surface area contributed by atoms with Gasteiger partial charge in [-0.25, -0.2) is 4.98 Å². The van der Waals surface area contributed by atoms with Gasteiger partial charge in [-0.05, 0) is 62.0 Å². The van der Waals surface area contributed by atoms with Crippen molar-refractivity contribution in [2.45, 2.75) is 70.8 Å². The topological polar surface area (TPSA) is 104 Å². The number of anilines is 2. The number of carbonyl (C=O) groups excluding carboxylic acids is 1. The first-order valence-corrected chi connectivity index (χ1v) is 14.6. The molecular formula is C29H41N3O5S. The van der Waals surface area contributed by atoms with Crippen LogP contribution in [0.1, 0.15) is 68.9 Å². The number of methoxy groups -OCH3 is 2. The van der Waals surface area contributed by atoms with E-state index in [2.05, 4.69) is 12.2 Å². The highest BCUT2D eigenvalue weighted by molar-refractivity contribution is 7.15. The third-order valence-corrected chi connectivity index (χ3v) is 10.6. The summed E-state index contributed by atoms with van der Waals surface area (Å²) in [6.07, 6.45) is 5.27. The van der Waals surface area contributed by atoms with Crippen molar-refractivity contribution < 1.29 is 24.5 Å². The number of nitrogens with zero attached hydrogens (tertiary/aromatic N) is 2. The Kier molecular flexibility index (Phi) is 7.64. The lowest BCUT2D eigenvalue weighted by Gasteiger charge is -2.58. The maximum absolute atomic E-state index is 13.6. The summed E-state index contributed by atoms with van der Waals surface area (Å²) in [5.41, 5.74) is 0.858. The Hall–Kier alpha value is -2.36. The molecule has 1 aromatic carbocycles. The average Bonchev–Trinajstić information content (AvgIpc) is 3.34. The Labute approximate surface area is 229 Å². The average molecular weight is 544 g/mol.